The number of nitrogens with zero attached hydrogens (tertiary/aromatic N) is 5. The van der Waals surface area contributed by atoms with Gasteiger partial charge in [-0.05, 0) is 69.4 Å². The number of aromatic nitrogens is 2. The summed E-state index contributed by atoms with van der Waals surface area (Å²) in [5.74, 6) is 1.69. The molecule has 39 heavy (non-hydrogen) atoms. The standard InChI is InChI=1S/C29H41N7O3/c1-29(2)13-6-7-24(29)36-16-12-25(37)35(4)22-18-30-28(33-26(22)36)32-21-9-8-19(17-23(21)39-5)27(38)31-20-10-14-34(3)15-11-20/h8-9,17-18,20,24H,6-7,10-16H2,1-5H3,(H,31,38)(H,30,32,33). The zero-order valence-corrected chi connectivity index (χ0v) is 23.8. The molecule has 1 atom stereocenters. The molecule has 5 rings (SSSR count). The Morgan fingerprint density at radius 2 is 1.90 bits per heavy atom. The highest BCUT2D eigenvalue weighted by Gasteiger charge is 2.41. The van der Waals surface area contributed by atoms with Gasteiger partial charge in [-0.25, -0.2) is 4.98 Å². The van der Waals surface area contributed by atoms with Crippen molar-refractivity contribution >= 4 is 35.0 Å². The fourth-order valence-electron chi connectivity index (χ4n) is 6.17. The molecule has 2 aliphatic heterocycles. The summed E-state index contributed by atoms with van der Waals surface area (Å²) < 4.78 is 5.64. The van der Waals surface area contributed by atoms with Gasteiger partial charge in [0.2, 0.25) is 11.9 Å². The number of benzene rings is 1. The predicted octanol–water partition coefficient (Wildman–Crippen LogP) is 3.80. The number of amides is 2. The maximum Gasteiger partial charge on any atom is 0.251 e. The second-order valence-electron chi connectivity index (χ2n) is 11.8. The highest BCUT2D eigenvalue weighted by Crippen LogP contribution is 2.44. The topological polar surface area (TPSA) is 103 Å². The number of fused-ring (bicyclic) bond motifs is 1. The maximum absolute atomic E-state index is 12.9. The van der Waals surface area contributed by atoms with Crippen molar-refractivity contribution in [3.63, 3.8) is 0 Å². The van der Waals surface area contributed by atoms with Gasteiger partial charge in [0, 0.05) is 37.7 Å². The Bertz CT molecular complexity index is 1230. The Hall–Kier alpha value is -3.40. The smallest absolute Gasteiger partial charge is 0.251 e. The highest BCUT2D eigenvalue weighted by molar-refractivity contribution is 5.97. The van der Waals surface area contributed by atoms with Crippen molar-refractivity contribution < 1.29 is 14.3 Å². The number of ether oxygens (including phenoxy) is 1. The largest absolute Gasteiger partial charge is 0.495 e. The zero-order chi connectivity index (χ0) is 27.7. The second kappa shape index (κ2) is 11.0. The summed E-state index contributed by atoms with van der Waals surface area (Å²) in [6.07, 6.45) is 7.45. The first kappa shape index (κ1) is 27.2. The minimum absolute atomic E-state index is 0.0645. The summed E-state index contributed by atoms with van der Waals surface area (Å²) >= 11 is 0. The average Bonchev–Trinajstić information content (AvgIpc) is 3.22. The number of methoxy groups -OCH3 is 1. The lowest BCUT2D eigenvalue weighted by molar-refractivity contribution is -0.118. The SMILES string of the molecule is COc1cc(C(=O)NC2CCN(C)CC2)ccc1Nc1ncc2c(n1)N(C1CCCC1(C)C)CCC(=O)N2C. The third-order valence-corrected chi connectivity index (χ3v) is 8.67. The Kier molecular flexibility index (Phi) is 7.66. The van der Waals surface area contributed by atoms with Gasteiger partial charge in [-0.2, -0.15) is 4.98 Å². The third kappa shape index (κ3) is 5.66. The number of carbonyl (C=O) groups excluding carboxylic acids is 2. The van der Waals surface area contributed by atoms with Crippen molar-refractivity contribution in [2.24, 2.45) is 5.41 Å². The number of piperidine rings is 1. The maximum atomic E-state index is 12.9. The Morgan fingerprint density at radius 1 is 1.13 bits per heavy atom. The fraction of sp³-hybridized carbons (Fsp3) is 0.586. The van der Waals surface area contributed by atoms with Crippen LogP contribution in [0.5, 0.6) is 5.75 Å². The van der Waals surface area contributed by atoms with Gasteiger partial charge in [0.05, 0.1) is 19.0 Å². The van der Waals surface area contributed by atoms with Crippen LogP contribution < -0.4 is 25.2 Å². The molecule has 10 nitrogen and oxygen atoms in total. The molecule has 1 aromatic heterocycles. The van der Waals surface area contributed by atoms with Crippen LogP contribution in [0.4, 0.5) is 23.1 Å². The lowest BCUT2D eigenvalue weighted by Gasteiger charge is -2.38. The summed E-state index contributed by atoms with van der Waals surface area (Å²) in [7, 11) is 5.48. The van der Waals surface area contributed by atoms with Crippen LogP contribution in [0.2, 0.25) is 0 Å². The predicted molar refractivity (Wildman–Crippen MR) is 153 cm³/mol. The Balaban J connectivity index is 1.38. The van der Waals surface area contributed by atoms with E-state index < -0.39 is 0 Å². The van der Waals surface area contributed by atoms with Crippen molar-refractivity contribution in [2.45, 2.75) is 64.5 Å². The summed E-state index contributed by atoms with van der Waals surface area (Å²) in [6.45, 7) is 7.20. The number of rotatable bonds is 6. The number of carbonyl (C=O) groups is 2. The van der Waals surface area contributed by atoms with E-state index in [1.807, 2.05) is 6.07 Å². The molecular formula is C29H41N7O3. The van der Waals surface area contributed by atoms with E-state index in [1.165, 1.54) is 6.42 Å². The van der Waals surface area contributed by atoms with E-state index in [-0.39, 0.29) is 23.3 Å². The number of hydrogen-bond donors (Lipinski definition) is 2. The van der Waals surface area contributed by atoms with Crippen molar-refractivity contribution in [2.75, 3.05) is 56.0 Å². The Labute approximate surface area is 231 Å². The first-order valence-corrected chi connectivity index (χ1v) is 14.0. The monoisotopic (exact) mass is 535 g/mol. The lowest BCUT2D eigenvalue weighted by Crippen LogP contribution is -2.43. The third-order valence-electron chi connectivity index (χ3n) is 8.67. The molecule has 210 valence electrons. The van der Waals surface area contributed by atoms with E-state index in [1.54, 1.807) is 37.4 Å². The van der Waals surface area contributed by atoms with Gasteiger partial charge in [-0.15, -0.1) is 0 Å². The van der Waals surface area contributed by atoms with Gasteiger partial charge in [0.1, 0.15) is 11.4 Å². The van der Waals surface area contributed by atoms with Crippen LogP contribution >= 0.6 is 0 Å². The quantitative estimate of drug-likeness (QED) is 0.576. The highest BCUT2D eigenvalue weighted by atomic mass is 16.5. The van der Waals surface area contributed by atoms with Gasteiger partial charge < -0.3 is 30.1 Å². The van der Waals surface area contributed by atoms with E-state index in [4.69, 9.17) is 9.72 Å². The minimum Gasteiger partial charge on any atom is -0.495 e. The number of anilines is 4. The van der Waals surface area contributed by atoms with Crippen LogP contribution in [0.15, 0.2) is 24.4 Å². The zero-order valence-electron chi connectivity index (χ0n) is 23.8. The molecule has 1 saturated heterocycles. The van der Waals surface area contributed by atoms with E-state index in [0.717, 1.165) is 50.3 Å². The van der Waals surface area contributed by atoms with Crippen molar-refractivity contribution in [1.82, 2.24) is 20.2 Å². The first-order chi connectivity index (χ1) is 18.7. The van der Waals surface area contributed by atoms with Crippen LogP contribution in [-0.2, 0) is 4.79 Å². The van der Waals surface area contributed by atoms with Crippen molar-refractivity contribution in [3.8, 4) is 5.75 Å². The molecule has 2 amide bonds. The molecule has 0 spiro atoms. The average molecular weight is 536 g/mol. The van der Waals surface area contributed by atoms with Gasteiger partial charge in [0.25, 0.3) is 5.91 Å². The molecule has 2 aromatic rings. The van der Waals surface area contributed by atoms with Crippen LogP contribution in [0.25, 0.3) is 0 Å². The summed E-state index contributed by atoms with van der Waals surface area (Å²) in [6, 6.07) is 5.84. The summed E-state index contributed by atoms with van der Waals surface area (Å²) in [5, 5.41) is 6.45. The molecular weight excluding hydrogens is 494 g/mol. The van der Waals surface area contributed by atoms with E-state index in [0.29, 0.717) is 42.0 Å². The normalized spacial score (nSPS) is 21.9. The molecule has 1 aromatic carbocycles. The van der Waals surface area contributed by atoms with Gasteiger partial charge >= 0.3 is 0 Å². The van der Waals surface area contributed by atoms with Gasteiger partial charge in [0.15, 0.2) is 5.82 Å². The number of nitrogens with one attached hydrogen (secondary N) is 2. The molecule has 0 bridgehead atoms. The van der Waals surface area contributed by atoms with Crippen LogP contribution in [0.1, 0.15) is 62.7 Å². The van der Waals surface area contributed by atoms with Gasteiger partial charge in [-0.1, -0.05) is 20.3 Å². The second-order valence-corrected chi connectivity index (χ2v) is 11.8. The van der Waals surface area contributed by atoms with Crippen LogP contribution in [0, 0.1) is 5.41 Å². The molecule has 10 heteroatoms. The first-order valence-electron chi connectivity index (χ1n) is 14.0. The van der Waals surface area contributed by atoms with Crippen LogP contribution in [0.3, 0.4) is 0 Å². The molecule has 0 radical (unpaired) electrons. The van der Waals surface area contributed by atoms with E-state index >= 15 is 0 Å². The van der Waals surface area contributed by atoms with Crippen LogP contribution in [-0.4, -0.2) is 79.6 Å². The van der Waals surface area contributed by atoms with E-state index in [2.05, 4.69) is 46.3 Å². The summed E-state index contributed by atoms with van der Waals surface area (Å²) in [4.78, 5) is 41.4. The molecule has 3 heterocycles. The molecule has 1 unspecified atom stereocenters. The fourth-order valence-corrected chi connectivity index (χ4v) is 6.17. The summed E-state index contributed by atoms with van der Waals surface area (Å²) in [5.41, 5.74) is 2.07. The van der Waals surface area contributed by atoms with Crippen molar-refractivity contribution in [3.05, 3.63) is 30.0 Å². The number of likely N-dealkylation sites (tertiary alicyclic amines) is 1. The van der Waals surface area contributed by atoms with Crippen molar-refractivity contribution in [1.29, 1.82) is 0 Å². The van der Waals surface area contributed by atoms with E-state index in [9.17, 15) is 9.59 Å². The molecule has 2 N–H and O–H groups in total. The number of hydrogen-bond acceptors (Lipinski definition) is 8. The lowest BCUT2D eigenvalue weighted by atomic mass is 9.86. The van der Waals surface area contributed by atoms with Gasteiger partial charge in [-0.3, -0.25) is 9.59 Å². The Morgan fingerprint density at radius 3 is 2.59 bits per heavy atom. The minimum atomic E-state index is -0.0989. The molecule has 1 saturated carbocycles. The molecule has 2 fully saturated rings. The molecule has 1 aliphatic carbocycles. The molecule has 3 aliphatic rings.